The second-order valence-corrected chi connectivity index (χ2v) is 5.02. The third-order valence-corrected chi connectivity index (χ3v) is 3.79. The minimum Gasteiger partial charge on any atom is -0.312 e. The molecule has 1 aromatic carbocycles. The lowest BCUT2D eigenvalue weighted by atomic mass is 10.1. The summed E-state index contributed by atoms with van der Waals surface area (Å²) in [6.07, 6.45) is 3.62. The molecule has 0 amide bonds. The topological polar surface area (TPSA) is 12.0 Å². The molecule has 1 nitrogen and oxygen atoms in total. The summed E-state index contributed by atoms with van der Waals surface area (Å²) >= 11 is 6.19. The van der Waals surface area contributed by atoms with E-state index in [2.05, 4.69) is 5.32 Å². The first kappa shape index (κ1) is 11.9. The number of nitrogens with one attached hydrogen (secondary N) is 1. The predicted molar refractivity (Wildman–Crippen MR) is 65.1 cm³/mol. The quantitative estimate of drug-likeness (QED) is 0.798. The van der Waals surface area contributed by atoms with Gasteiger partial charge in [-0.15, -0.1) is 11.6 Å². The Morgan fingerprint density at radius 3 is 2.62 bits per heavy atom. The van der Waals surface area contributed by atoms with Crippen LogP contribution in [0.4, 0.5) is 4.39 Å². The second-order valence-electron chi connectivity index (χ2n) is 4.46. The highest BCUT2D eigenvalue weighted by Crippen LogP contribution is 2.29. The zero-order valence-corrected chi connectivity index (χ0v) is 10.0. The van der Waals surface area contributed by atoms with Gasteiger partial charge in [-0.25, -0.2) is 4.39 Å². The molecule has 2 rings (SSSR count). The zero-order valence-electron chi connectivity index (χ0n) is 9.26. The molecule has 88 valence electrons. The van der Waals surface area contributed by atoms with E-state index in [1.807, 2.05) is 12.1 Å². The van der Waals surface area contributed by atoms with Gasteiger partial charge < -0.3 is 5.32 Å². The van der Waals surface area contributed by atoms with Crippen LogP contribution in [0.5, 0.6) is 0 Å². The molecule has 0 aromatic heterocycles. The lowest BCUT2D eigenvalue weighted by molar-refractivity contribution is 0.493. The average molecular weight is 242 g/mol. The fourth-order valence-corrected chi connectivity index (χ4v) is 2.60. The largest absolute Gasteiger partial charge is 0.312 e. The summed E-state index contributed by atoms with van der Waals surface area (Å²) in [4.78, 5) is 0. The maximum atomic E-state index is 12.7. The number of rotatable bonds is 4. The van der Waals surface area contributed by atoms with Crippen LogP contribution in [0.3, 0.4) is 0 Å². The third-order valence-electron chi connectivity index (χ3n) is 3.22. The molecule has 16 heavy (non-hydrogen) atoms. The van der Waals surface area contributed by atoms with Gasteiger partial charge in [0.2, 0.25) is 0 Å². The summed E-state index contributed by atoms with van der Waals surface area (Å²) in [6, 6.07) is 6.62. The van der Waals surface area contributed by atoms with E-state index in [4.69, 9.17) is 11.6 Å². The van der Waals surface area contributed by atoms with Crippen LogP contribution in [0.2, 0.25) is 0 Å². The Kier molecular flexibility index (Phi) is 4.19. The Morgan fingerprint density at radius 2 is 2.00 bits per heavy atom. The predicted octanol–water partition coefficient (Wildman–Crippen LogP) is 3.32. The van der Waals surface area contributed by atoms with Gasteiger partial charge in [-0.1, -0.05) is 18.6 Å². The highest BCUT2D eigenvalue weighted by Gasteiger charge is 2.24. The molecule has 1 fully saturated rings. The van der Waals surface area contributed by atoms with Crippen molar-refractivity contribution in [3.63, 3.8) is 0 Å². The van der Waals surface area contributed by atoms with Crippen molar-refractivity contribution >= 4 is 11.6 Å². The van der Waals surface area contributed by atoms with Crippen molar-refractivity contribution in [2.75, 3.05) is 6.54 Å². The molecular formula is C13H17ClFN. The molecule has 3 heteroatoms. The fraction of sp³-hybridized carbons (Fsp3) is 0.538. The van der Waals surface area contributed by atoms with Gasteiger partial charge in [0, 0.05) is 11.9 Å². The molecule has 1 aromatic rings. The van der Waals surface area contributed by atoms with E-state index in [0.717, 1.165) is 25.1 Å². The highest BCUT2D eigenvalue weighted by molar-refractivity contribution is 6.20. The van der Waals surface area contributed by atoms with E-state index in [9.17, 15) is 4.39 Å². The van der Waals surface area contributed by atoms with Gasteiger partial charge in [0.25, 0.3) is 0 Å². The van der Waals surface area contributed by atoms with Crippen LogP contribution in [-0.4, -0.2) is 11.9 Å². The first-order chi connectivity index (χ1) is 7.75. The normalized spacial score (nSPS) is 24.9. The van der Waals surface area contributed by atoms with E-state index >= 15 is 0 Å². The van der Waals surface area contributed by atoms with Crippen molar-refractivity contribution in [1.29, 1.82) is 0 Å². The number of alkyl halides is 1. The first-order valence-corrected chi connectivity index (χ1v) is 6.28. The molecule has 0 aliphatic heterocycles. The first-order valence-electron chi connectivity index (χ1n) is 5.85. The molecule has 0 heterocycles. The lowest BCUT2D eigenvalue weighted by Gasteiger charge is -2.14. The standard InChI is InChI=1S/C13H17ClFN/c14-13-3-1-2-11(13)9-16-8-10-4-6-12(15)7-5-10/h4-7,11,13,16H,1-3,8-9H2. The maximum Gasteiger partial charge on any atom is 0.123 e. The number of benzene rings is 1. The van der Waals surface area contributed by atoms with E-state index in [-0.39, 0.29) is 5.82 Å². The molecule has 2 atom stereocenters. The van der Waals surface area contributed by atoms with Crippen LogP contribution in [0.25, 0.3) is 0 Å². The monoisotopic (exact) mass is 241 g/mol. The smallest absolute Gasteiger partial charge is 0.123 e. The molecular weight excluding hydrogens is 225 g/mol. The van der Waals surface area contributed by atoms with Crippen molar-refractivity contribution in [2.45, 2.75) is 31.2 Å². The Labute approximate surface area is 101 Å². The van der Waals surface area contributed by atoms with Gasteiger partial charge in [0.15, 0.2) is 0 Å². The van der Waals surface area contributed by atoms with Crippen LogP contribution in [0.1, 0.15) is 24.8 Å². The van der Waals surface area contributed by atoms with Crippen molar-refractivity contribution in [3.8, 4) is 0 Å². The zero-order chi connectivity index (χ0) is 11.4. The Morgan fingerprint density at radius 1 is 1.25 bits per heavy atom. The van der Waals surface area contributed by atoms with Gasteiger partial charge in [-0.05, 0) is 43.0 Å². The SMILES string of the molecule is Fc1ccc(CNCC2CCCC2Cl)cc1. The summed E-state index contributed by atoms with van der Waals surface area (Å²) in [5.41, 5.74) is 1.12. The van der Waals surface area contributed by atoms with E-state index < -0.39 is 0 Å². The molecule has 2 unspecified atom stereocenters. The third kappa shape index (κ3) is 3.19. The van der Waals surface area contributed by atoms with E-state index in [1.54, 1.807) is 0 Å². The van der Waals surface area contributed by atoms with Gasteiger partial charge in [-0.3, -0.25) is 0 Å². The van der Waals surface area contributed by atoms with Crippen LogP contribution in [0.15, 0.2) is 24.3 Å². The summed E-state index contributed by atoms with van der Waals surface area (Å²) < 4.78 is 12.7. The summed E-state index contributed by atoms with van der Waals surface area (Å²) in [6.45, 7) is 1.76. The van der Waals surface area contributed by atoms with E-state index in [0.29, 0.717) is 11.3 Å². The van der Waals surface area contributed by atoms with Gasteiger partial charge in [-0.2, -0.15) is 0 Å². The minimum atomic E-state index is -0.180. The highest BCUT2D eigenvalue weighted by atomic mass is 35.5. The van der Waals surface area contributed by atoms with Crippen molar-refractivity contribution in [3.05, 3.63) is 35.6 Å². The minimum absolute atomic E-state index is 0.180. The molecule has 0 bridgehead atoms. The Balaban J connectivity index is 1.73. The van der Waals surface area contributed by atoms with Gasteiger partial charge in [0.05, 0.1) is 0 Å². The number of hydrogen-bond acceptors (Lipinski definition) is 1. The fourth-order valence-electron chi connectivity index (χ4n) is 2.23. The molecule has 0 spiro atoms. The van der Waals surface area contributed by atoms with E-state index in [1.165, 1.54) is 25.0 Å². The number of hydrogen-bond donors (Lipinski definition) is 1. The summed E-state index contributed by atoms with van der Waals surface area (Å²) in [5, 5.41) is 3.72. The maximum absolute atomic E-state index is 12.7. The summed E-state index contributed by atoms with van der Waals surface area (Å²) in [7, 11) is 0. The molecule has 1 aliphatic carbocycles. The summed E-state index contributed by atoms with van der Waals surface area (Å²) in [5.74, 6) is 0.419. The van der Waals surface area contributed by atoms with Crippen LogP contribution < -0.4 is 5.32 Å². The van der Waals surface area contributed by atoms with Gasteiger partial charge in [0.1, 0.15) is 5.82 Å². The van der Waals surface area contributed by atoms with Crippen molar-refractivity contribution < 1.29 is 4.39 Å². The van der Waals surface area contributed by atoms with Crippen molar-refractivity contribution in [2.24, 2.45) is 5.92 Å². The molecule has 1 N–H and O–H groups in total. The Hall–Kier alpha value is -0.600. The van der Waals surface area contributed by atoms with Crippen LogP contribution in [-0.2, 0) is 6.54 Å². The van der Waals surface area contributed by atoms with Crippen LogP contribution >= 0.6 is 11.6 Å². The molecule has 0 saturated heterocycles. The molecule has 1 saturated carbocycles. The second kappa shape index (κ2) is 5.65. The van der Waals surface area contributed by atoms with Gasteiger partial charge >= 0.3 is 0 Å². The van der Waals surface area contributed by atoms with Crippen LogP contribution in [0, 0.1) is 11.7 Å². The molecule has 1 aliphatic rings. The van der Waals surface area contributed by atoms with Crippen molar-refractivity contribution in [1.82, 2.24) is 5.32 Å². The Bertz CT molecular complexity index is 325. The lowest BCUT2D eigenvalue weighted by Crippen LogP contribution is -2.25. The average Bonchev–Trinajstić information content (AvgIpc) is 2.68. The number of halogens is 2. The molecule has 0 radical (unpaired) electrons.